The molecule has 18 heavy (non-hydrogen) atoms. The summed E-state index contributed by atoms with van der Waals surface area (Å²) in [6.45, 7) is 3.89. The molecule has 0 aliphatic rings. The van der Waals surface area contributed by atoms with Gasteiger partial charge >= 0.3 is 116 Å². The number of nitrogens with zero attached hydrogens (tertiary/aromatic N) is 1. The molecule has 100 valence electrons. The maximum absolute atomic E-state index is 11.6. The fourth-order valence-electron chi connectivity index (χ4n) is 1.18. The minimum atomic E-state index is -0.750. The van der Waals surface area contributed by atoms with Crippen molar-refractivity contribution in [2.24, 2.45) is 3.95 Å². The van der Waals surface area contributed by atoms with Crippen LogP contribution in [0.4, 0.5) is 0 Å². The van der Waals surface area contributed by atoms with Crippen LogP contribution in [-0.2, 0) is 9.47 Å². The van der Waals surface area contributed by atoms with Crippen molar-refractivity contribution < 1.29 is 40.5 Å². The molecule has 1 rings (SSSR count). The van der Waals surface area contributed by atoms with E-state index in [1.54, 1.807) is 26.0 Å². The Morgan fingerprint density at radius 1 is 1.17 bits per heavy atom. The van der Waals surface area contributed by atoms with Crippen LogP contribution in [0, 0.1) is 3.57 Å². The van der Waals surface area contributed by atoms with E-state index in [0.717, 1.165) is 3.57 Å². The van der Waals surface area contributed by atoms with Crippen LogP contribution < -0.4 is 25.4 Å². The molecule has 7 heteroatoms. The summed E-state index contributed by atoms with van der Waals surface area (Å²) in [5, 5.41) is 0. The SMILES string of the molecule is CCOC(=O)c1cc([I-]N)cc(C(=O)OCC)n1. The minimum absolute atomic E-state index is 0.0857. The summed E-state index contributed by atoms with van der Waals surface area (Å²) in [4.78, 5) is 27.1. The molecule has 0 atom stereocenters. The second-order valence-corrected chi connectivity index (χ2v) is 4.97. The van der Waals surface area contributed by atoms with Crippen molar-refractivity contribution in [1.29, 1.82) is 0 Å². The monoisotopic (exact) mass is 365 g/mol. The van der Waals surface area contributed by atoms with E-state index < -0.39 is 33.4 Å². The molecule has 0 saturated heterocycles. The van der Waals surface area contributed by atoms with E-state index in [2.05, 4.69) is 4.98 Å². The molecule has 1 aromatic heterocycles. The zero-order chi connectivity index (χ0) is 13.5. The average Bonchev–Trinajstić information content (AvgIpc) is 2.38. The topological polar surface area (TPSA) is 91.5 Å². The molecular weight excluding hydrogens is 351 g/mol. The van der Waals surface area contributed by atoms with Gasteiger partial charge in [0.15, 0.2) is 0 Å². The van der Waals surface area contributed by atoms with Crippen LogP contribution in [0.5, 0.6) is 0 Å². The zero-order valence-electron chi connectivity index (χ0n) is 10.1. The first-order chi connectivity index (χ1) is 8.62. The van der Waals surface area contributed by atoms with Gasteiger partial charge in [0.25, 0.3) is 0 Å². The Morgan fingerprint density at radius 3 is 1.94 bits per heavy atom. The Balaban J connectivity index is 3.08. The molecule has 1 aromatic rings. The predicted molar refractivity (Wildman–Crippen MR) is 59.0 cm³/mol. The van der Waals surface area contributed by atoms with Crippen LogP contribution in [0.25, 0.3) is 0 Å². The third-order valence-corrected chi connectivity index (χ3v) is 3.23. The van der Waals surface area contributed by atoms with Crippen molar-refractivity contribution in [3.63, 3.8) is 0 Å². The summed E-state index contributed by atoms with van der Waals surface area (Å²) in [6, 6.07) is 3.10. The Bertz CT molecular complexity index is 414. The Hall–Kier alpha value is -1.22. The van der Waals surface area contributed by atoms with Gasteiger partial charge in [-0.05, 0) is 0 Å². The fourth-order valence-corrected chi connectivity index (χ4v) is 2.13. The number of halogens is 1. The molecule has 2 N–H and O–H groups in total. The third-order valence-electron chi connectivity index (χ3n) is 1.89. The summed E-state index contributed by atoms with van der Waals surface area (Å²) in [5.74, 6) is -1.13. The van der Waals surface area contributed by atoms with Gasteiger partial charge in [0.1, 0.15) is 0 Å². The van der Waals surface area contributed by atoms with Gasteiger partial charge in [-0.1, -0.05) is 0 Å². The summed E-state index contributed by atoms with van der Waals surface area (Å²) in [5.41, 5.74) is 0.171. The Kier molecular flexibility index (Phi) is 5.99. The Labute approximate surface area is 115 Å². The molecule has 0 aliphatic heterocycles. The van der Waals surface area contributed by atoms with E-state index in [1.807, 2.05) is 0 Å². The predicted octanol–water partition coefficient (Wildman–Crippen LogP) is -2.43. The van der Waals surface area contributed by atoms with E-state index >= 15 is 0 Å². The summed E-state index contributed by atoms with van der Waals surface area (Å²) in [6.07, 6.45) is 0. The summed E-state index contributed by atoms with van der Waals surface area (Å²) >= 11 is -0.750. The van der Waals surface area contributed by atoms with Crippen molar-refractivity contribution in [2.75, 3.05) is 13.2 Å². The summed E-state index contributed by atoms with van der Waals surface area (Å²) < 4.78 is 16.0. The van der Waals surface area contributed by atoms with Crippen LogP contribution in [0.1, 0.15) is 34.8 Å². The normalized spacial score (nSPS) is 10.2. The molecule has 1 heterocycles. The van der Waals surface area contributed by atoms with E-state index in [1.165, 1.54) is 0 Å². The van der Waals surface area contributed by atoms with Crippen LogP contribution >= 0.6 is 0 Å². The van der Waals surface area contributed by atoms with Gasteiger partial charge in [-0.2, -0.15) is 0 Å². The molecule has 0 aromatic carbocycles. The van der Waals surface area contributed by atoms with E-state index in [0.29, 0.717) is 0 Å². The van der Waals surface area contributed by atoms with Crippen molar-refractivity contribution >= 4 is 11.9 Å². The second-order valence-electron chi connectivity index (χ2n) is 3.11. The number of pyridine rings is 1. The molecule has 0 saturated carbocycles. The van der Waals surface area contributed by atoms with Crippen molar-refractivity contribution in [1.82, 2.24) is 4.98 Å². The van der Waals surface area contributed by atoms with Crippen molar-refractivity contribution in [3.05, 3.63) is 27.1 Å². The van der Waals surface area contributed by atoms with Gasteiger partial charge in [0.05, 0.1) is 0 Å². The first-order valence-corrected chi connectivity index (χ1v) is 7.64. The average molecular weight is 365 g/mol. The van der Waals surface area contributed by atoms with Gasteiger partial charge in [-0.15, -0.1) is 0 Å². The number of rotatable bonds is 5. The molecule has 0 aliphatic carbocycles. The first kappa shape index (κ1) is 14.8. The number of esters is 2. The van der Waals surface area contributed by atoms with Gasteiger partial charge in [0.2, 0.25) is 0 Å². The first-order valence-electron chi connectivity index (χ1n) is 5.32. The fraction of sp³-hybridized carbons (Fsp3) is 0.364. The molecular formula is C11H14IN2O4-. The number of hydrogen-bond donors (Lipinski definition) is 1. The molecule has 0 amide bonds. The molecule has 0 unspecified atom stereocenters. The van der Waals surface area contributed by atoms with E-state index in [-0.39, 0.29) is 24.6 Å². The van der Waals surface area contributed by atoms with Gasteiger partial charge in [-0.3, -0.25) is 0 Å². The number of aromatic nitrogens is 1. The van der Waals surface area contributed by atoms with Crippen LogP contribution in [0.15, 0.2) is 12.1 Å². The number of carbonyl (C=O) groups excluding carboxylic acids is 2. The zero-order valence-corrected chi connectivity index (χ0v) is 12.3. The van der Waals surface area contributed by atoms with Crippen LogP contribution in [0.2, 0.25) is 0 Å². The molecule has 6 nitrogen and oxygen atoms in total. The number of ether oxygens (including phenoxy) is 2. The van der Waals surface area contributed by atoms with Crippen molar-refractivity contribution in [2.45, 2.75) is 13.8 Å². The standard InChI is InChI=1S/C11H14IN2O4/c1-3-17-10(15)8-5-7(12-13)6-9(14-8)11(16)18-4-2/h5-6H,3-4,13H2,1-2H3/q-1. The van der Waals surface area contributed by atoms with E-state index in [4.69, 9.17) is 13.4 Å². The van der Waals surface area contributed by atoms with Gasteiger partial charge < -0.3 is 0 Å². The van der Waals surface area contributed by atoms with Crippen LogP contribution in [-0.4, -0.2) is 30.1 Å². The molecule has 0 radical (unpaired) electrons. The van der Waals surface area contributed by atoms with E-state index in [9.17, 15) is 9.59 Å². The quantitative estimate of drug-likeness (QED) is 0.355. The third kappa shape index (κ3) is 3.91. The molecule has 0 fully saturated rings. The molecule has 0 spiro atoms. The second kappa shape index (κ2) is 7.27. The molecule has 0 bridgehead atoms. The summed E-state index contributed by atoms with van der Waals surface area (Å²) in [7, 11) is 0. The van der Waals surface area contributed by atoms with Gasteiger partial charge in [0, 0.05) is 0 Å². The van der Waals surface area contributed by atoms with Gasteiger partial charge in [-0.25, -0.2) is 0 Å². The van der Waals surface area contributed by atoms with Crippen molar-refractivity contribution in [3.8, 4) is 0 Å². The Morgan fingerprint density at radius 2 is 1.61 bits per heavy atom. The number of hydrogen-bond acceptors (Lipinski definition) is 6. The number of nitrogens with two attached hydrogens (primary N) is 1. The van der Waals surface area contributed by atoms with Crippen LogP contribution in [0.3, 0.4) is 0 Å². The maximum atomic E-state index is 11.6. The number of carbonyl (C=O) groups is 2.